The molecule has 0 aliphatic carbocycles. The fourth-order valence-electron chi connectivity index (χ4n) is 2.61. The summed E-state index contributed by atoms with van der Waals surface area (Å²) in [4.78, 5) is 38.7. The number of halogens is 2. The van der Waals surface area contributed by atoms with Gasteiger partial charge in [0.25, 0.3) is 5.92 Å². The van der Waals surface area contributed by atoms with Gasteiger partial charge in [-0.25, -0.2) is 13.8 Å². The van der Waals surface area contributed by atoms with E-state index < -0.39 is 5.92 Å². The summed E-state index contributed by atoms with van der Waals surface area (Å²) in [7, 11) is 0. The predicted octanol–water partition coefficient (Wildman–Crippen LogP) is 4.82. The van der Waals surface area contributed by atoms with Gasteiger partial charge in [0.15, 0.2) is 10.2 Å². The Labute approximate surface area is 188 Å². The molecule has 2 amide bonds. The quantitative estimate of drug-likeness (QED) is 0.461. The van der Waals surface area contributed by atoms with E-state index in [-0.39, 0.29) is 28.2 Å². The third-order valence-electron chi connectivity index (χ3n) is 4.25. The largest absolute Gasteiger partial charge is 0.355 e. The summed E-state index contributed by atoms with van der Waals surface area (Å²) < 4.78 is 26.6. The number of carbonyl (C=O) groups is 3. The van der Waals surface area contributed by atoms with Gasteiger partial charge in [-0.3, -0.25) is 14.4 Å². The number of thiazole rings is 1. The number of rotatable bonds is 11. The average Bonchev–Trinajstić information content (AvgIpc) is 3.16. The van der Waals surface area contributed by atoms with Gasteiger partial charge in [0.05, 0.1) is 11.4 Å². The van der Waals surface area contributed by atoms with Crippen LogP contribution in [0.15, 0.2) is 29.6 Å². The first-order valence-electron chi connectivity index (χ1n) is 9.79. The molecule has 0 saturated heterocycles. The van der Waals surface area contributed by atoms with E-state index in [1.807, 2.05) is 0 Å². The first kappa shape index (κ1) is 24.9. The van der Waals surface area contributed by atoms with Crippen molar-refractivity contribution in [2.45, 2.75) is 45.5 Å². The molecule has 0 atom stereocenters. The summed E-state index contributed by atoms with van der Waals surface area (Å²) in [6, 6.07) is 5.92. The van der Waals surface area contributed by atoms with Crippen LogP contribution in [-0.2, 0) is 20.3 Å². The van der Waals surface area contributed by atoms with Crippen molar-refractivity contribution in [2.24, 2.45) is 0 Å². The van der Waals surface area contributed by atoms with Gasteiger partial charge < -0.3 is 10.6 Å². The minimum atomic E-state index is -2.89. The molecule has 0 spiro atoms. The summed E-state index contributed by atoms with van der Waals surface area (Å²) in [5.41, 5.74) is 1.26. The van der Waals surface area contributed by atoms with E-state index in [1.54, 1.807) is 17.5 Å². The van der Waals surface area contributed by atoms with Gasteiger partial charge in [0.1, 0.15) is 0 Å². The standard InChI is InChI=1S/C21H25F2N3O3S2/c1-14(27)30-13-19(29)24-11-5-3-4-6-18(28)26-20-25-17(12-31-20)15-7-9-16(10-8-15)21(2,22)23/h7-10,12H,3-6,11,13H2,1-2H3,(H,24,29)(H,25,26,28). The highest BCUT2D eigenvalue weighted by molar-refractivity contribution is 8.14. The van der Waals surface area contributed by atoms with Crippen LogP contribution in [0.3, 0.4) is 0 Å². The smallest absolute Gasteiger partial charge is 0.270 e. The Morgan fingerprint density at radius 1 is 1.10 bits per heavy atom. The fourth-order valence-corrected chi connectivity index (χ4v) is 3.78. The van der Waals surface area contributed by atoms with E-state index in [0.717, 1.165) is 31.5 Å². The summed E-state index contributed by atoms with van der Waals surface area (Å²) in [5, 5.41) is 7.62. The molecule has 0 bridgehead atoms. The van der Waals surface area contributed by atoms with Gasteiger partial charge in [-0.15, -0.1) is 11.3 Å². The van der Waals surface area contributed by atoms with Crippen LogP contribution in [-0.4, -0.2) is 34.2 Å². The third kappa shape index (κ3) is 9.14. The van der Waals surface area contributed by atoms with E-state index >= 15 is 0 Å². The molecule has 1 aromatic carbocycles. The van der Waals surface area contributed by atoms with E-state index in [4.69, 9.17) is 0 Å². The van der Waals surface area contributed by atoms with Crippen molar-refractivity contribution in [1.29, 1.82) is 0 Å². The molecule has 1 aromatic heterocycles. The molecule has 168 valence electrons. The first-order chi connectivity index (χ1) is 14.6. The molecule has 10 heteroatoms. The molecule has 2 N–H and O–H groups in total. The van der Waals surface area contributed by atoms with Crippen molar-refractivity contribution in [3.8, 4) is 11.3 Å². The lowest BCUT2D eigenvalue weighted by molar-refractivity contribution is -0.119. The van der Waals surface area contributed by atoms with Crippen LogP contribution in [0.1, 0.15) is 45.1 Å². The molecule has 6 nitrogen and oxygen atoms in total. The molecule has 0 fully saturated rings. The Hall–Kier alpha value is -2.33. The molecule has 0 aliphatic heterocycles. The maximum absolute atomic E-state index is 13.3. The van der Waals surface area contributed by atoms with Crippen LogP contribution in [0, 0.1) is 0 Å². The zero-order valence-electron chi connectivity index (χ0n) is 17.4. The molecule has 0 radical (unpaired) electrons. The minimum Gasteiger partial charge on any atom is -0.355 e. The second-order valence-corrected chi connectivity index (χ2v) is 9.00. The second kappa shape index (κ2) is 11.9. The van der Waals surface area contributed by atoms with Crippen molar-refractivity contribution < 1.29 is 23.2 Å². The molecular formula is C21H25F2N3O3S2. The van der Waals surface area contributed by atoms with E-state index in [9.17, 15) is 23.2 Å². The number of thioether (sulfide) groups is 1. The number of nitrogens with zero attached hydrogens (tertiary/aromatic N) is 1. The number of anilines is 1. The molecule has 1 heterocycles. The van der Waals surface area contributed by atoms with Crippen molar-refractivity contribution >= 4 is 45.2 Å². The monoisotopic (exact) mass is 469 g/mol. The Morgan fingerprint density at radius 2 is 1.81 bits per heavy atom. The van der Waals surface area contributed by atoms with Crippen LogP contribution in [0.25, 0.3) is 11.3 Å². The Bertz CT molecular complexity index is 896. The number of carbonyl (C=O) groups excluding carboxylic acids is 3. The van der Waals surface area contributed by atoms with Gasteiger partial charge in [-0.2, -0.15) is 0 Å². The van der Waals surface area contributed by atoms with E-state index in [0.29, 0.717) is 35.8 Å². The average molecular weight is 470 g/mol. The van der Waals surface area contributed by atoms with Crippen LogP contribution >= 0.6 is 23.1 Å². The van der Waals surface area contributed by atoms with Crippen molar-refractivity contribution in [3.05, 3.63) is 35.2 Å². The zero-order valence-corrected chi connectivity index (χ0v) is 19.0. The molecule has 0 unspecified atom stereocenters. The third-order valence-corrected chi connectivity index (χ3v) is 5.82. The van der Waals surface area contributed by atoms with Crippen LogP contribution in [0.2, 0.25) is 0 Å². The highest BCUT2D eigenvalue weighted by atomic mass is 32.2. The highest BCUT2D eigenvalue weighted by Crippen LogP contribution is 2.30. The second-order valence-electron chi connectivity index (χ2n) is 6.99. The van der Waals surface area contributed by atoms with Crippen LogP contribution in [0.5, 0.6) is 0 Å². The number of benzene rings is 1. The zero-order chi connectivity index (χ0) is 22.9. The van der Waals surface area contributed by atoms with Crippen molar-refractivity contribution in [1.82, 2.24) is 10.3 Å². The Balaban J connectivity index is 1.67. The van der Waals surface area contributed by atoms with Gasteiger partial charge in [-0.1, -0.05) is 42.4 Å². The predicted molar refractivity (Wildman–Crippen MR) is 120 cm³/mol. The van der Waals surface area contributed by atoms with E-state index in [1.165, 1.54) is 30.4 Å². The Morgan fingerprint density at radius 3 is 2.45 bits per heavy atom. The van der Waals surface area contributed by atoms with Gasteiger partial charge in [0, 0.05) is 43.3 Å². The fraction of sp³-hybridized carbons (Fsp3) is 0.429. The lowest BCUT2D eigenvalue weighted by Crippen LogP contribution is -2.26. The normalized spacial score (nSPS) is 11.2. The van der Waals surface area contributed by atoms with E-state index in [2.05, 4.69) is 15.6 Å². The molecular weight excluding hydrogens is 444 g/mol. The first-order valence-corrected chi connectivity index (χ1v) is 11.7. The van der Waals surface area contributed by atoms with Gasteiger partial charge >= 0.3 is 0 Å². The summed E-state index contributed by atoms with van der Waals surface area (Å²) in [6.07, 6.45) is 2.54. The molecule has 2 aromatic rings. The molecule has 31 heavy (non-hydrogen) atoms. The Kier molecular flexibility index (Phi) is 9.57. The maximum Gasteiger partial charge on any atom is 0.270 e. The van der Waals surface area contributed by atoms with Crippen molar-refractivity contribution in [2.75, 3.05) is 17.6 Å². The summed E-state index contributed by atoms with van der Waals surface area (Å²) >= 11 is 2.25. The number of hydrogen-bond donors (Lipinski definition) is 2. The maximum atomic E-state index is 13.3. The molecule has 2 rings (SSSR count). The van der Waals surface area contributed by atoms with Crippen LogP contribution < -0.4 is 10.6 Å². The number of nitrogens with one attached hydrogen (secondary N) is 2. The highest BCUT2D eigenvalue weighted by Gasteiger charge is 2.23. The summed E-state index contributed by atoms with van der Waals surface area (Å²) in [6.45, 7) is 2.78. The van der Waals surface area contributed by atoms with Gasteiger partial charge in [-0.05, 0) is 12.8 Å². The minimum absolute atomic E-state index is 0.0606. The number of unbranched alkanes of at least 4 members (excludes halogenated alkanes) is 2. The van der Waals surface area contributed by atoms with Crippen molar-refractivity contribution in [3.63, 3.8) is 0 Å². The lowest BCUT2D eigenvalue weighted by atomic mass is 10.1. The van der Waals surface area contributed by atoms with Crippen LogP contribution in [0.4, 0.5) is 13.9 Å². The number of amides is 2. The molecule has 0 aliphatic rings. The molecule has 0 saturated carbocycles. The number of aromatic nitrogens is 1. The number of alkyl halides is 2. The topological polar surface area (TPSA) is 88.2 Å². The van der Waals surface area contributed by atoms with Gasteiger partial charge in [0.2, 0.25) is 11.8 Å². The summed E-state index contributed by atoms with van der Waals surface area (Å²) in [5.74, 6) is -3.08. The lowest BCUT2D eigenvalue weighted by Gasteiger charge is -2.10. The SMILES string of the molecule is CC(=O)SCC(=O)NCCCCCC(=O)Nc1nc(-c2ccc(C(C)(F)F)cc2)cs1. The number of hydrogen-bond acceptors (Lipinski definition) is 6.